The lowest BCUT2D eigenvalue weighted by atomic mass is 10.0. The number of carbonyl (C=O) groups is 2. The molecule has 0 fully saturated rings. The van der Waals surface area contributed by atoms with Crippen LogP contribution < -0.4 is 20.3 Å². The molecular weight excluding hydrogens is 492 g/mol. The molecule has 2 aromatic rings. The highest BCUT2D eigenvalue weighted by atomic mass is 79.9. The van der Waals surface area contributed by atoms with E-state index in [0.29, 0.717) is 11.5 Å². The molecule has 3 N–H and O–H groups in total. The van der Waals surface area contributed by atoms with Crippen LogP contribution in [0, 0.1) is 24.2 Å². The molecule has 0 aromatic heterocycles. The number of ether oxygens (including phenoxy) is 3. The maximum absolute atomic E-state index is 12.8. The minimum Gasteiger partial charge on any atom is -0.493 e. The number of rotatable bonds is 10. The number of hydrazine groups is 1. The van der Waals surface area contributed by atoms with Crippen LogP contribution in [0.3, 0.4) is 0 Å². The van der Waals surface area contributed by atoms with Crippen molar-refractivity contribution in [3.05, 3.63) is 58.1 Å². The lowest BCUT2D eigenvalue weighted by molar-refractivity contribution is -0.173. The van der Waals surface area contributed by atoms with Gasteiger partial charge in [0, 0.05) is 22.0 Å². The molecule has 2 aromatic carbocycles. The molecular formula is C24H23BrN2O6. The van der Waals surface area contributed by atoms with E-state index in [1.54, 1.807) is 18.2 Å². The van der Waals surface area contributed by atoms with Crippen molar-refractivity contribution in [2.75, 3.05) is 20.3 Å². The van der Waals surface area contributed by atoms with Crippen molar-refractivity contribution < 1.29 is 28.9 Å². The minimum absolute atomic E-state index is 0.179. The zero-order chi connectivity index (χ0) is 24.3. The van der Waals surface area contributed by atoms with Crippen LogP contribution in [0.1, 0.15) is 29.3 Å². The van der Waals surface area contributed by atoms with E-state index in [2.05, 4.69) is 44.5 Å². The van der Waals surface area contributed by atoms with Crippen LogP contribution in [0.2, 0.25) is 0 Å². The van der Waals surface area contributed by atoms with Crippen molar-refractivity contribution in [3.8, 4) is 35.7 Å². The molecule has 0 saturated heterocycles. The summed E-state index contributed by atoms with van der Waals surface area (Å²) < 4.78 is 17.0. The van der Waals surface area contributed by atoms with E-state index in [-0.39, 0.29) is 24.3 Å². The Morgan fingerprint density at radius 2 is 1.85 bits per heavy atom. The van der Waals surface area contributed by atoms with Gasteiger partial charge < -0.3 is 19.3 Å². The lowest BCUT2D eigenvalue weighted by Crippen LogP contribution is -2.58. The number of terminal acetylenes is 1. The fourth-order valence-electron chi connectivity index (χ4n) is 2.70. The van der Waals surface area contributed by atoms with Gasteiger partial charge in [-0.3, -0.25) is 10.2 Å². The number of hydrogen-bond acceptors (Lipinski definition) is 6. The average Bonchev–Trinajstić information content (AvgIpc) is 2.82. The van der Waals surface area contributed by atoms with Crippen molar-refractivity contribution >= 4 is 27.8 Å². The number of benzene rings is 2. The molecule has 0 heterocycles. The van der Waals surface area contributed by atoms with E-state index < -0.39 is 17.6 Å². The molecule has 8 nitrogen and oxygen atoms in total. The molecule has 0 aliphatic carbocycles. The third kappa shape index (κ3) is 6.74. The summed E-state index contributed by atoms with van der Waals surface area (Å²) in [7, 11) is 1.44. The molecule has 9 heteroatoms. The highest BCUT2D eigenvalue weighted by Crippen LogP contribution is 2.28. The zero-order valence-corrected chi connectivity index (χ0v) is 19.7. The number of carboxylic acid groups (broad SMARTS) is 1. The summed E-state index contributed by atoms with van der Waals surface area (Å²) in [5.41, 5.74) is 3.16. The third-order valence-corrected chi connectivity index (χ3v) is 4.83. The maximum atomic E-state index is 12.8. The first-order chi connectivity index (χ1) is 15.9. The average molecular weight is 515 g/mol. The molecule has 0 aliphatic heterocycles. The molecule has 2 rings (SSSR count). The number of hydrogen-bond donors (Lipinski definition) is 3. The molecule has 0 aliphatic rings. The van der Waals surface area contributed by atoms with Gasteiger partial charge in [-0.05, 0) is 30.3 Å². The van der Waals surface area contributed by atoms with Gasteiger partial charge in [0.1, 0.15) is 13.2 Å². The Morgan fingerprint density at radius 3 is 2.45 bits per heavy atom. The number of nitrogens with one attached hydrogen (secondary N) is 2. The summed E-state index contributed by atoms with van der Waals surface area (Å²) in [6.45, 7) is 1.80. The lowest BCUT2D eigenvalue weighted by Gasteiger charge is -2.30. The zero-order valence-electron chi connectivity index (χ0n) is 18.1. The van der Waals surface area contributed by atoms with Gasteiger partial charge in [0.15, 0.2) is 11.5 Å². The summed E-state index contributed by atoms with van der Waals surface area (Å²) in [6, 6.07) is 10.9. The van der Waals surface area contributed by atoms with Crippen LogP contribution in [0.25, 0.3) is 0 Å². The van der Waals surface area contributed by atoms with Crippen LogP contribution in [0.4, 0.5) is 0 Å². The van der Waals surface area contributed by atoms with Gasteiger partial charge in [0.25, 0.3) is 11.6 Å². The second-order valence-corrected chi connectivity index (χ2v) is 7.34. The van der Waals surface area contributed by atoms with Crippen molar-refractivity contribution in [2.45, 2.75) is 19.1 Å². The van der Waals surface area contributed by atoms with Gasteiger partial charge in [-0.15, -0.1) is 12.3 Å². The van der Waals surface area contributed by atoms with Gasteiger partial charge in [-0.2, -0.15) is 5.43 Å². The molecule has 33 heavy (non-hydrogen) atoms. The van der Waals surface area contributed by atoms with Crippen LogP contribution in [-0.2, 0) is 15.3 Å². The smallest absolute Gasteiger partial charge is 0.358 e. The van der Waals surface area contributed by atoms with Gasteiger partial charge >= 0.3 is 5.97 Å². The molecule has 0 spiro atoms. The number of aliphatic carboxylic acids is 1. The number of amides is 1. The molecule has 1 unspecified atom stereocenters. The fraction of sp³-hybridized carbons (Fsp3) is 0.250. The molecule has 1 amide bonds. The van der Waals surface area contributed by atoms with E-state index in [1.165, 1.54) is 31.4 Å². The number of halogens is 1. The Labute approximate surface area is 200 Å². The molecule has 0 radical (unpaired) electrons. The van der Waals surface area contributed by atoms with E-state index in [9.17, 15) is 14.7 Å². The third-order valence-electron chi connectivity index (χ3n) is 4.30. The Hall–Kier alpha value is -3.50. The SMILES string of the molecule is C#CCOC(NNC(=O)c1ccc(OCC#CCC)c(OC)c1)(C(=O)O)c1ccc(Br)cc1. The minimum atomic E-state index is -2.12. The molecule has 172 valence electrons. The number of methoxy groups -OCH3 is 1. The Kier molecular flexibility index (Phi) is 9.77. The fourth-order valence-corrected chi connectivity index (χ4v) is 2.96. The first-order valence-electron chi connectivity index (χ1n) is 9.78. The van der Waals surface area contributed by atoms with Crippen LogP contribution in [-0.4, -0.2) is 37.3 Å². The summed E-state index contributed by atoms with van der Waals surface area (Å²) in [6.07, 6.45) is 5.98. The Bertz CT molecular complexity index is 1080. The number of carbonyl (C=O) groups excluding carboxylic acids is 1. The van der Waals surface area contributed by atoms with Crippen LogP contribution in [0.5, 0.6) is 11.5 Å². The van der Waals surface area contributed by atoms with Crippen molar-refractivity contribution in [3.63, 3.8) is 0 Å². The van der Waals surface area contributed by atoms with E-state index >= 15 is 0 Å². The summed E-state index contributed by atoms with van der Waals surface area (Å²) in [5, 5.41) is 9.93. The summed E-state index contributed by atoms with van der Waals surface area (Å²) >= 11 is 3.30. The van der Waals surface area contributed by atoms with Crippen molar-refractivity contribution in [1.82, 2.24) is 10.9 Å². The van der Waals surface area contributed by atoms with Gasteiger partial charge in [-0.1, -0.05) is 46.8 Å². The monoisotopic (exact) mass is 514 g/mol. The summed E-state index contributed by atoms with van der Waals surface area (Å²) in [5.74, 6) is 6.70. The second kappa shape index (κ2) is 12.5. The van der Waals surface area contributed by atoms with Crippen molar-refractivity contribution in [1.29, 1.82) is 0 Å². The van der Waals surface area contributed by atoms with Crippen molar-refractivity contribution in [2.24, 2.45) is 0 Å². The number of carboxylic acids is 1. The molecule has 1 atom stereocenters. The predicted octanol–water partition coefficient (Wildman–Crippen LogP) is 3.07. The van der Waals surface area contributed by atoms with Gasteiger partial charge in [0.05, 0.1) is 7.11 Å². The largest absolute Gasteiger partial charge is 0.493 e. The normalized spacial score (nSPS) is 11.8. The first-order valence-corrected chi connectivity index (χ1v) is 10.6. The quantitative estimate of drug-likeness (QED) is 0.254. The topological polar surface area (TPSA) is 106 Å². The predicted molar refractivity (Wildman–Crippen MR) is 125 cm³/mol. The molecule has 0 bridgehead atoms. The molecule has 0 saturated carbocycles. The van der Waals surface area contributed by atoms with Gasteiger partial charge in [0.2, 0.25) is 0 Å². The standard InChI is InChI=1S/C24H23BrN2O6/c1-4-6-7-15-32-20-13-8-17(16-21(20)31-3)22(28)26-27-24(23(29)30,33-14-5-2)18-9-11-19(25)12-10-18/h2,8-13,16,27H,4,14-15H2,1,3H3,(H,26,28)(H,29,30). The first kappa shape index (κ1) is 25.8. The van der Waals surface area contributed by atoms with Gasteiger partial charge in [-0.25, -0.2) is 4.79 Å². The Balaban J connectivity index is 2.24. The van der Waals surface area contributed by atoms with E-state index in [4.69, 9.17) is 20.6 Å². The highest BCUT2D eigenvalue weighted by Gasteiger charge is 2.42. The second-order valence-electron chi connectivity index (χ2n) is 6.43. The Morgan fingerprint density at radius 1 is 1.12 bits per heavy atom. The van der Waals surface area contributed by atoms with Crippen LogP contribution in [0.15, 0.2) is 46.9 Å². The summed E-state index contributed by atoms with van der Waals surface area (Å²) in [4.78, 5) is 25.0. The van der Waals surface area contributed by atoms with E-state index in [0.717, 1.165) is 10.9 Å². The maximum Gasteiger partial charge on any atom is 0.358 e. The van der Waals surface area contributed by atoms with Crippen LogP contribution >= 0.6 is 15.9 Å². The highest BCUT2D eigenvalue weighted by molar-refractivity contribution is 9.10. The van der Waals surface area contributed by atoms with E-state index in [1.807, 2.05) is 6.92 Å².